The minimum atomic E-state index is -5.79. The molecule has 0 bridgehead atoms. The second kappa shape index (κ2) is 5.66. The minimum absolute atomic E-state index is 0. The van der Waals surface area contributed by atoms with Crippen LogP contribution in [0.15, 0.2) is 22.7 Å². The first kappa shape index (κ1) is 17.5. The van der Waals surface area contributed by atoms with Crippen LogP contribution in [0.1, 0.15) is 11.6 Å². The van der Waals surface area contributed by atoms with Crippen LogP contribution in [0.4, 0.5) is 26.3 Å². The molecular weight excluding hydrogens is 351 g/mol. The molecule has 0 saturated carbocycles. The van der Waals surface area contributed by atoms with E-state index in [1.807, 2.05) is 0 Å². The maximum atomic E-state index is 13.0. The van der Waals surface area contributed by atoms with Crippen molar-refractivity contribution in [2.24, 2.45) is 5.73 Å². The van der Waals surface area contributed by atoms with Crippen LogP contribution in [0.25, 0.3) is 0 Å². The van der Waals surface area contributed by atoms with Gasteiger partial charge in [-0.25, -0.2) is 4.39 Å². The van der Waals surface area contributed by atoms with Crippen LogP contribution < -0.4 is 5.73 Å². The van der Waals surface area contributed by atoms with Crippen LogP contribution in [-0.2, 0) is 0 Å². The van der Waals surface area contributed by atoms with E-state index < -0.39 is 34.0 Å². The first-order valence-electron chi connectivity index (χ1n) is 4.23. The predicted octanol–water partition coefficient (Wildman–Crippen LogP) is 4.21. The summed E-state index contributed by atoms with van der Waals surface area (Å²) in [5.41, 5.74) is 4.22. The highest BCUT2D eigenvalue weighted by molar-refractivity contribution is 9.10. The lowest BCUT2D eigenvalue weighted by atomic mass is 10.0. The molecule has 9 heteroatoms. The fraction of sp³-hybridized carbons (Fsp3) is 0.333. The van der Waals surface area contributed by atoms with Crippen molar-refractivity contribution in [1.82, 2.24) is 0 Å². The summed E-state index contributed by atoms with van der Waals surface area (Å²) in [6, 6.07) is 0.137. The average molecular weight is 359 g/mol. The Balaban J connectivity index is 0.00000289. The second-order valence-corrected chi connectivity index (χ2v) is 4.03. The van der Waals surface area contributed by atoms with E-state index in [4.69, 9.17) is 5.73 Å². The van der Waals surface area contributed by atoms with E-state index in [0.29, 0.717) is 0 Å². The zero-order valence-electron chi connectivity index (χ0n) is 8.44. The molecule has 1 nitrogen and oxygen atoms in total. The molecule has 1 atom stereocenters. The third-order valence-corrected chi connectivity index (χ3v) is 2.92. The van der Waals surface area contributed by atoms with Crippen LogP contribution in [0, 0.1) is 5.82 Å². The van der Waals surface area contributed by atoms with Crippen LogP contribution >= 0.6 is 28.3 Å². The Morgan fingerprint density at radius 2 is 1.61 bits per heavy atom. The molecule has 104 valence electrons. The summed E-state index contributed by atoms with van der Waals surface area (Å²) in [6.45, 7) is 0. The highest BCUT2D eigenvalue weighted by atomic mass is 79.9. The predicted molar refractivity (Wildman–Crippen MR) is 59.3 cm³/mol. The highest BCUT2D eigenvalue weighted by Gasteiger charge is 2.62. The summed E-state index contributed by atoms with van der Waals surface area (Å²) < 4.78 is 74.5. The molecule has 0 aliphatic rings. The van der Waals surface area contributed by atoms with E-state index in [0.717, 1.165) is 18.2 Å². The molecule has 0 spiro atoms. The van der Waals surface area contributed by atoms with Gasteiger partial charge in [-0.05, 0) is 27.6 Å². The maximum absolute atomic E-state index is 13.0. The zero-order chi connectivity index (χ0) is 13.4. The van der Waals surface area contributed by atoms with Gasteiger partial charge in [0.15, 0.2) is 0 Å². The van der Waals surface area contributed by atoms with E-state index in [-0.39, 0.29) is 12.4 Å². The van der Waals surface area contributed by atoms with Crippen LogP contribution in [0.2, 0.25) is 0 Å². The third kappa shape index (κ3) is 3.10. The van der Waals surface area contributed by atoms with E-state index >= 15 is 0 Å². The molecule has 0 saturated heterocycles. The quantitative estimate of drug-likeness (QED) is 0.788. The lowest BCUT2D eigenvalue weighted by Crippen LogP contribution is -2.46. The lowest BCUT2D eigenvalue weighted by molar-refractivity contribution is -0.291. The topological polar surface area (TPSA) is 26.0 Å². The molecule has 0 radical (unpaired) electrons. The zero-order valence-corrected chi connectivity index (χ0v) is 10.8. The molecule has 0 unspecified atom stereocenters. The number of hydrogen-bond donors (Lipinski definition) is 1. The Morgan fingerprint density at radius 3 is 2.06 bits per heavy atom. The van der Waals surface area contributed by atoms with Crippen molar-refractivity contribution in [3.63, 3.8) is 0 Å². The number of nitrogens with two attached hydrogens (primary N) is 1. The highest BCUT2D eigenvalue weighted by Crippen LogP contribution is 2.44. The third-order valence-electron chi connectivity index (χ3n) is 2.09. The van der Waals surface area contributed by atoms with Gasteiger partial charge in [0.1, 0.15) is 11.9 Å². The second-order valence-electron chi connectivity index (χ2n) is 3.24. The molecule has 1 aromatic carbocycles. The molecule has 18 heavy (non-hydrogen) atoms. The molecule has 0 aromatic heterocycles. The van der Waals surface area contributed by atoms with Gasteiger partial charge in [-0.3, -0.25) is 0 Å². The monoisotopic (exact) mass is 357 g/mol. The van der Waals surface area contributed by atoms with Gasteiger partial charge in [-0.15, -0.1) is 12.4 Å². The van der Waals surface area contributed by atoms with E-state index in [1.165, 1.54) is 0 Å². The fourth-order valence-corrected chi connectivity index (χ4v) is 1.64. The normalized spacial score (nSPS) is 14.0. The van der Waals surface area contributed by atoms with Crippen molar-refractivity contribution in [2.75, 3.05) is 0 Å². The van der Waals surface area contributed by atoms with Crippen LogP contribution in [0.3, 0.4) is 0 Å². The van der Waals surface area contributed by atoms with Crippen molar-refractivity contribution < 1.29 is 26.3 Å². The molecule has 0 amide bonds. The van der Waals surface area contributed by atoms with E-state index in [1.54, 1.807) is 0 Å². The average Bonchev–Trinajstić information content (AvgIpc) is 2.19. The number of rotatable bonds is 2. The molecule has 0 aliphatic heterocycles. The first-order chi connectivity index (χ1) is 7.59. The lowest BCUT2D eigenvalue weighted by Gasteiger charge is -2.26. The van der Waals surface area contributed by atoms with Gasteiger partial charge in [0.25, 0.3) is 0 Å². The standard InChI is InChI=1S/C9H6BrF6N.ClH/c10-6-4(2-1-3-5(6)11)7(17)8(12,13)9(14,15)16;/h1-3,7H,17H2;1H/t7-;/m1./s1. The maximum Gasteiger partial charge on any atom is 0.455 e. The van der Waals surface area contributed by atoms with Crippen molar-refractivity contribution in [3.8, 4) is 0 Å². The molecule has 2 N–H and O–H groups in total. The van der Waals surface area contributed by atoms with Gasteiger partial charge in [0, 0.05) is 0 Å². The molecular formula is C9H7BrClF6N. The van der Waals surface area contributed by atoms with Gasteiger partial charge in [0.2, 0.25) is 0 Å². The molecule has 0 aliphatic carbocycles. The van der Waals surface area contributed by atoms with Crippen molar-refractivity contribution in [2.45, 2.75) is 18.1 Å². The van der Waals surface area contributed by atoms with Gasteiger partial charge >= 0.3 is 12.1 Å². The Kier molecular flexibility index (Phi) is 5.52. The largest absolute Gasteiger partial charge is 0.455 e. The Labute approximate surface area is 113 Å². The number of hydrogen-bond acceptors (Lipinski definition) is 1. The number of benzene rings is 1. The number of alkyl halides is 5. The summed E-state index contributed by atoms with van der Waals surface area (Å²) in [4.78, 5) is 0. The van der Waals surface area contributed by atoms with E-state index in [2.05, 4.69) is 15.9 Å². The number of halogens is 8. The fourth-order valence-electron chi connectivity index (χ4n) is 1.13. The van der Waals surface area contributed by atoms with Crippen LogP contribution in [0.5, 0.6) is 0 Å². The Bertz CT molecular complexity index is 422. The summed E-state index contributed by atoms with van der Waals surface area (Å²) in [6.07, 6.45) is -5.79. The minimum Gasteiger partial charge on any atom is -0.319 e. The van der Waals surface area contributed by atoms with Crippen molar-refractivity contribution >= 4 is 28.3 Å². The van der Waals surface area contributed by atoms with Gasteiger partial charge in [-0.1, -0.05) is 12.1 Å². The van der Waals surface area contributed by atoms with E-state index in [9.17, 15) is 26.3 Å². The first-order valence-corrected chi connectivity index (χ1v) is 5.02. The summed E-state index contributed by atoms with van der Waals surface area (Å²) >= 11 is 2.58. The van der Waals surface area contributed by atoms with Crippen molar-refractivity contribution in [3.05, 3.63) is 34.1 Å². The molecule has 1 rings (SSSR count). The summed E-state index contributed by atoms with van der Waals surface area (Å²) in [7, 11) is 0. The smallest absolute Gasteiger partial charge is 0.319 e. The summed E-state index contributed by atoms with van der Waals surface area (Å²) in [5, 5.41) is 0. The Morgan fingerprint density at radius 1 is 1.11 bits per heavy atom. The molecule has 1 aromatic rings. The van der Waals surface area contributed by atoms with Gasteiger partial charge in [0.05, 0.1) is 4.47 Å². The molecule has 0 fully saturated rings. The summed E-state index contributed by atoms with van der Waals surface area (Å²) in [5.74, 6) is -6.10. The van der Waals surface area contributed by atoms with Crippen molar-refractivity contribution in [1.29, 1.82) is 0 Å². The van der Waals surface area contributed by atoms with Gasteiger partial charge in [-0.2, -0.15) is 22.0 Å². The molecule has 0 heterocycles. The van der Waals surface area contributed by atoms with Gasteiger partial charge < -0.3 is 5.73 Å². The Hall–Kier alpha value is -0.470. The van der Waals surface area contributed by atoms with Crippen LogP contribution in [-0.4, -0.2) is 12.1 Å². The SMILES string of the molecule is Cl.N[C@H](c1cccc(F)c1Br)C(F)(F)C(F)(F)F.